The summed E-state index contributed by atoms with van der Waals surface area (Å²) in [6, 6.07) is 18.1. The lowest BCUT2D eigenvalue weighted by Crippen LogP contribution is -2.17. The van der Waals surface area contributed by atoms with Crippen LogP contribution in [-0.2, 0) is 41.9 Å². The second kappa shape index (κ2) is 17.8. The number of hydrogen-bond donors (Lipinski definition) is 1. The highest BCUT2D eigenvalue weighted by molar-refractivity contribution is 5.60. The van der Waals surface area contributed by atoms with Gasteiger partial charge in [-0.3, -0.25) is 0 Å². The Bertz CT molecular complexity index is 1890. The van der Waals surface area contributed by atoms with Crippen molar-refractivity contribution in [2.24, 2.45) is 0 Å². The summed E-state index contributed by atoms with van der Waals surface area (Å²) in [6.07, 6.45) is 4.93. The fraction of sp³-hybridized carbons (Fsp3) is 0.538. The van der Waals surface area contributed by atoms with Crippen molar-refractivity contribution >= 4 is 0 Å². The van der Waals surface area contributed by atoms with Crippen LogP contribution < -0.4 is 18.9 Å². The number of rotatable bonds is 11. The molecule has 0 radical (unpaired) electrons. The third-order valence-electron chi connectivity index (χ3n) is 10.8. The fourth-order valence-electron chi connectivity index (χ4n) is 7.68. The standard InChI is InChI=1S/C52H72O5/c1-15-18-54-47-36-21-34-31-45(57-33(4)5)32-35(46(34)53)22-37-26-43(51(9,10)11)28-39(48(37)55-19-16-2)24-41-30-44(52(12,13)14)29-40(49(41)56-20-17-3)23-38(47)27-42(25-36)50(6,7)8/h25-33,53H,15-24H2,1-14H3. The first kappa shape index (κ1) is 44.0. The van der Waals surface area contributed by atoms with Crippen LogP contribution in [0, 0.1) is 0 Å². The molecule has 0 spiro atoms. The van der Waals surface area contributed by atoms with Gasteiger partial charge in [-0.1, -0.05) is 119 Å². The maximum Gasteiger partial charge on any atom is 0.126 e. The highest BCUT2D eigenvalue weighted by Crippen LogP contribution is 2.44. The van der Waals surface area contributed by atoms with Crippen LogP contribution in [0.25, 0.3) is 0 Å². The van der Waals surface area contributed by atoms with Gasteiger partial charge in [0.15, 0.2) is 0 Å². The molecule has 4 aromatic rings. The first-order valence-electron chi connectivity index (χ1n) is 21.6. The van der Waals surface area contributed by atoms with Gasteiger partial charge < -0.3 is 24.1 Å². The van der Waals surface area contributed by atoms with Crippen molar-refractivity contribution in [3.63, 3.8) is 0 Å². The van der Waals surface area contributed by atoms with Crippen LogP contribution in [0.3, 0.4) is 0 Å². The van der Waals surface area contributed by atoms with Crippen LogP contribution in [0.4, 0.5) is 0 Å². The normalized spacial score (nSPS) is 13.5. The Morgan fingerprint density at radius 2 is 0.719 bits per heavy atom. The summed E-state index contributed by atoms with van der Waals surface area (Å²) >= 11 is 0. The summed E-state index contributed by atoms with van der Waals surface area (Å²) in [5, 5.41) is 12.3. The summed E-state index contributed by atoms with van der Waals surface area (Å²) in [7, 11) is 0. The number of benzene rings is 4. The molecule has 0 unspecified atom stereocenters. The molecule has 8 bridgehead atoms. The molecule has 5 rings (SSSR count). The zero-order chi connectivity index (χ0) is 41.9. The molecule has 0 saturated carbocycles. The minimum absolute atomic E-state index is 0.0252. The Morgan fingerprint density at radius 1 is 0.456 bits per heavy atom. The molecule has 57 heavy (non-hydrogen) atoms. The summed E-state index contributed by atoms with van der Waals surface area (Å²) < 4.78 is 26.9. The highest BCUT2D eigenvalue weighted by atomic mass is 16.5. The quantitative estimate of drug-likeness (QED) is 0.145. The predicted octanol–water partition coefficient (Wildman–Crippen LogP) is 13.1. The molecule has 0 aliphatic heterocycles. The molecular weight excluding hydrogens is 705 g/mol. The molecule has 5 heteroatoms. The van der Waals surface area contributed by atoms with Crippen LogP contribution in [0.1, 0.15) is 177 Å². The average molecular weight is 777 g/mol. The molecule has 0 saturated heterocycles. The van der Waals surface area contributed by atoms with Gasteiger partial charge in [0.25, 0.3) is 0 Å². The summed E-state index contributed by atoms with van der Waals surface area (Å²) in [5.41, 5.74) is 11.8. The summed E-state index contributed by atoms with van der Waals surface area (Å²) in [5.74, 6) is 3.80. The maximum absolute atomic E-state index is 12.3. The predicted molar refractivity (Wildman–Crippen MR) is 238 cm³/mol. The van der Waals surface area contributed by atoms with E-state index in [4.69, 9.17) is 18.9 Å². The fourth-order valence-corrected chi connectivity index (χ4v) is 7.68. The van der Waals surface area contributed by atoms with E-state index in [-0.39, 0.29) is 22.3 Å². The van der Waals surface area contributed by atoms with Crippen molar-refractivity contribution in [3.8, 4) is 28.7 Å². The van der Waals surface area contributed by atoms with Gasteiger partial charge in [0.1, 0.15) is 28.7 Å². The number of phenols is 1. The number of aromatic hydroxyl groups is 1. The van der Waals surface area contributed by atoms with Crippen LogP contribution in [-0.4, -0.2) is 31.0 Å². The SMILES string of the molecule is CCCOc1c2cc(C(C)(C)C)cc1Cc1cc(C(C)(C)C)cc(c1OCCC)Cc1cc(C(C)(C)C)cc(c1OCCC)Cc1cc(OC(C)C)cc(c1O)C2. The number of phenolic OH excluding ortho intramolecular Hbond substituents is 1. The Morgan fingerprint density at radius 3 is 0.947 bits per heavy atom. The molecule has 0 fully saturated rings. The van der Waals surface area contributed by atoms with E-state index in [0.29, 0.717) is 51.3 Å². The molecular formula is C52H72O5. The molecule has 0 aromatic heterocycles. The zero-order valence-corrected chi connectivity index (χ0v) is 37.8. The monoisotopic (exact) mass is 777 g/mol. The maximum atomic E-state index is 12.3. The molecule has 5 nitrogen and oxygen atoms in total. The molecule has 310 valence electrons. The number of fused-ring (bicyclic) bond motifs is 8. The van der Waals surface area contributed by atoms with Gasteiger partial charge in [0.2, 0.25) is 0 Å². The van der Waals surface area contributed by atoms with E-state index in [9.17, 15) is 5.11 Å². The third kappa shape index (κ3) is 10.7. The van der Waals surface area contributed by atoms with Gasteiger partial charge in [0.05, 0.1) is 25.9 Å². The van der Waals surface area contributed by atoms with E-state index < -0.39 is 0 Å². The Kier molecular flexibility index (Phi) is 13.7. The molecule has 1 N–H and O–H groups in total. The lowest BCUT2D eigenvalue weighted by atomic mass is 9.80. The van der Waals surface area contributed by atoms with Crippen LogP contribution >= 0.6 is 0 Å². The Balaban J connectivity index is 1.96. The second-order valence-corrected chi connectivity index (χ2v) is 19.6. The van der Waals surface area contributed by atoms with Gasteiger partial charge in [-0.05, 0) is 112 Å². The first-order valence-corrected chi connectivity index (χ1v) is 21.6. The van der Waals surface area contributed by atoms with E-state index in [1.54, 1.807) is 0 Å². The highest BCUT2D eigenvalue weighted by Gasteiger charge is 2.28. The van der Waals surface area contributed by atoms with Crippen molar-refractivity contribution in [1.82, 2.24) is 0 Å². The first-order chi connectivity index (χ1) is 26.7. The van der Waals surface area contributed by atoms with Crippen molar-refractivity contribution in [2.75, 3.05) is 19.8 Å². The van der Waals surface area contributed by atoms with Crippen molar-refractivity contribution in [2.45, 2.75) is 164 Å². The van der Waals surface area contributed by atoms with Crippen LogP contribution in [0.15, 0.2) is 48.5 Å². The minimum atomic E-state index is -0.119. The van der Waals surface area contributed by atoms with Gasteiger partial charge >= 0.3 is 0 Å². The third-order valence-corrected chi connectivity index (χ3v) is 10.8. The molecule has 0 amide bonds. The molecule has 4 aromatic carbocycles. The van der Waals surface area contributed by atoms with Crippen molar-refractivity contribution in [3.05, 3.63) is 110 Å². The summed E-state index contributed by atoms with van der Waals surface area (Å²) in [6.45, 7) is 32.9. The lowest BCUT2D eigenvalue weighted by Gasteiger charge is -2.28. The smallest absolute Gasteiger partial charge is 0.126 e. The topological polar surface area (TPSA) is 57.2 Å². The Labute approximate surface area is 345 Å². The van der Waals surface area contributed by atoms with E-state index >= 15 is 0 Å². The molecule has 0 atom stereocenters. The van der Waals surface area contributed by atoms with E-state index in [2.05, 4.69) is 133 Å². The van der Waals surface area contributed by atoms with Crippen LogP contribution in [0.2, 0.25) is 0 Å². The zero-order valence-electron chi connectivity index (χ0n) is 37.8. The van der Waals surface area contributed by atoms with Crippen molar-refractivity contribution in [1.29, 1.82) is 0 Å². The molecule has 1 aliphatic rings. The van der Waals surface area contributed by atoms with Gasteiger partial charge in [-0.25, -0.2) is 0 Å². The van der Waals surface area contributed by atoms with E-state index in [1.807, 2.05) is 12.1 Å². The van der Waals surface area contributed by atoms with Gasteiger partial charge in [0, 0.05) is 36.8 Å². The number of hydrogen-bond acceptors (Lipinski definition) is 5. The largest absolute Gasteiger partial charge is 0.507 e. The number of ether oxygens (including phenoxy) is 4. The lowest BCUT2D eigenvalue weighted by molar-refractivity contribution is 0.241. The van der Waals surface area contributed by atoms with Gasteiger partial charge in [-0.2, -0.15) is 0 Å². The minimum Gasteiger partial charge on any atom is -0.507 e. The van der Waals surface area contributed by atoms with E-state index in [0.717, 1.165) is 86.8 Å². The van der Waals surface area contributed by atoms with Gasteiger partial charge in [-0.15, -0.1) is 0 Å². The summed E-state index contributed by atoms with van der Waals surface area (Å²) in [4.78, 5) is 0. The molecule has 0 heterocycles. The molecule has 1 aliphatic carbocycles. The van der Waals surface area contributed by atoms with Crippen molar-refractivity contribution < 1.29 is 24.1 Å². The Hall–Kier alpha value is -4.12. The van der Waals surface area contributed by atoms with Crippen LogP contribution in [0.5, 0.6) is 28.7 Å². The second-order valence-electron chi connectivity index (χ2n) is 19.6. The van der Waals surface area contributed by atoms with E-state index in [1.165, 1.54) is 16.7 Å². The average Bonchev–Trinajstić information content (AvgIpc) is 3.10.